The van der Waals surface area contributed by atoms with Crippen LogP contribution >= 0.6 is 23.1 Å². The van der Waals surface area contributed by atoms with Gasteiger partial charge in [0.05, 0.1) is 24.8 Å². The van der Waals surface area contributed by atoms with Gasteiger partial charge in [0.2, 0.25) is 5.91 Å². The summed E-state index contributed by atoms with van der Waals surface area (Å²) in [5.41, 5.74) is 1.52. The summed E-state index contributed by atoms with van der Waals surface area (Å²) in [5, 5.41) is 14.3. The number of ether oxygens (including phenoxy) is 2. The van der Waals surface area contributed by atoms with Crippen LogP contribution in [0.5, 0.6) is 5.75 Å². The Morgan fingerprint density at radius 3 is 2.76 bits per heavy atom. The zero-order valence-electron chi connectivity index (χ0n) is 18.3. The SMILES string of the molecule is COc1ccccc1-c1nc(CC(=O)N[C@@H]2C(=O)N3C(C(=O)O)=C(COC(C)=O)CS[C@H]23)cs1. The third kappa shape index (κ3) is 4.64. The number of aliphatic carboxylic acids is 1. The summed E-state index contributed by atoms with van der Waals surface area (Å²) in [6.07, 6.45) is -0.0217. The maximum Gasteiger partial charge on any atom is 0.352 e. The van der Waals surface area contributed by atoms with Crippen molar-refractivity contribution < 1.29 is 33.8 Å². The minimum Gasteiger partial charge on any atom is -0.496 e. The molecule has 10 nitrogen and oxygen atoms in total. The van der Waals surface area contributed by atoms with Crippen LogP contribution in [0.15, 0.2) is 40.9 Å². The van der Waals surface area contributed by atoms with E-state index in [1.165, 1.54) is 30.0 Å². The number of nitrogens with zero attached hydrogens (tertiary/aromatic N) is 2. The topological polar surface area (TPSA) is 135 Å². The Kier molecular flexibility index (Phi) is 6.89. The number of aromatic nitrogens is 1. The van der Waals surface area contributed by atoms with Crippen molar-refractivity contribution in [3.8, 4) is 16.3 Å². The van der Waals surface area contributed by atoms with Crippen molar-refractivity contribution in [2.75, 3.05) is 19.5 Å². The third-order valence-corrected chi connectivity index (χ3v) is 7.51. The summed E-state index contributed by atoms with van der Waals surface area (Å²) in [4.78, 5) is 53.8. The number of fused-ring (bicyclic) bond motifs is 1. The van der Waals surface area contributed by atoms with Crippen LogP contribution in [0.2, 0.25) is 0 Å². The number of esters is 1. The van der Waals surface area contributed by atoms with E-state index in [1.807, 2.05) is 24.3 Å². The number of benzene rings is 1. The lowest BCUT2D eigenvalue weighted by molar-refractivity contribution is -0.151. The lowest BCUT2D eigenvalue weighted by Gasteiger charge is -2.49. The van der Waals surface area contributed by atoms with Gasteiger partial charge in [0, 0.05) is 23.6 Å². The van der Waals surface area contributed by atoms with Crippen molar-refractivity contribution in [3.05, 3.63) is 46.6 Å². The van der Waals surface area contributed by atoms with Crippen molar-refractivity contribution in [2.24, 2.45) is 0 Å². The molecule has 2 amide bonds. The number of thioether (sulfide) groups is 1. The molecule has 0 aliphatic carbocycles. The number of β-lactam (4-membered cyclic amide) rings is 1. The minimum atomic E-state index is -1.28. The van der Waals surface area contributed by atoms with Crippen LogP contribution in [0.4, 0.5) is 0 Å². The Balaban J connectivity index is 1.41. The lowest BCUT2D eigenvalue weighted by atomic mass is 10.0. The third-order valence-electron chi connectivity index (χ3n) is 5.25. The Morgan fingerprint density at radius 2 is 2.06 bits per heavy atom. The molecule has 1 aromatic heterocycles. The predicted octanol–water partition coefficient (Wildman–Crippen LogP) is 1.66. The molecule has 2 N–H and O–H groups in total. The van der Waals surface area contributed by atoms with Gasteiger partial charge in [-0.2, -0.15) is 0 Å². The van der Waals surface area contributed by atoms with Crippen LogP contribution in [0.3, 0.4) is 0 Å². The molecule has 1 saturated heterocycles. The Hall–Kier alpha value is -3.38. The summed E-state index contributed by atoms with van der Waals surface area (Å²) in [7, 11) is 1.58. The van der Waals surface area contributed by atoms with Gasteiger partial charge in [0.1, 0.15) is 34.5 Å². The van der Waals surface area contributed by atoms with Gasteiger partial charge in [-0.1, -0.05) is 12.1 Å². The average Bonchev–Trinajstić information content (AvgIpc) is 3.28. The quantitative estimate of drug-likeness (QED) is 0.407. The number of carboxylic acid groups (broad SMARTS) is 1. The number of methoxy groups -OCH3 is 1. The zero-order chi connectivity index (χ0) is 24.4. The summed E-state index contributed by atoms with van der Waals surface area (Å²) < 4.78 is 10.3. The van der Waals surface area contributed by atoms with Crippen LogP contribution < -0.4 is 10.1 Å². The van der Waals surface area contributed by atoms with Crippen molar-refractivity contribution >= 4 is 46.9 Å². The molecule has 0 unspecified atom stereocenters. The lowest BCUT2D eigenvalue weighted by Crippen LogP contribution is -2.70. The van der Waals surface area contributed by atoms with Crippen LogP contribution in [-0.4, -0.2) is 69.6 Å². The molecule has 0 bridgehead atoms. The van der Waals surface area contributed by atoms with Gasteiger partial charge >= 0.3 is 11.9 Å². The normalized spacial score (nSPS) is 19.2. The van der Waals surface area contributed by atoms with E-state index in [0.717, 1.165) is 10.5 Å². The number of hydrogen-bond donors (Lipinski definition) is 2. The van der Waals surface area contributed by atoms with E-state index in [0.29, 0.717) is 22.0 Å². The molecular formula is C22H21N3O7S2. The van der Waals surface area contributed by atoms with Crippen LogP contribution in [0.25, 0.3) is 10.6 Å². The highest BCUT2D eigenvalue weighted by atomic mass is 32.2. The number of carboxylic acids is 1. The smallest absolute Gasteiger partial charge is 0.352 e. The maximum absolute atomic E-state index is 12.7. The van der Waals surface area contributed by atoms with Crippen molar-refractivity contribution in [1.29, 1.82) is 0 Å². The highest BCUT2D eigenvalue weighted by molar-refractivity contribution is 8.00. The first kappa shape index (κ1) is 23.8. The average molecular weight is 504 g/mol. The molecule has 2 aliphatic rings. The van der Waals surface area contributed by atoms with Gasteiger partial charge in [0.25, 0.3) is 5.91 Å². The van der Waals surface area contributed by atoms with Crippen molar-refractivity contribution in [1.82, 2.24) is 15.2 Å². The number of nitrogens with one attached hydrogen (secondary N) is 1. The number of carbonyl (C=O) groups is 4. The fourth-order valence-corrected chi connectivity index (χ4v) is 5.88. The number of para-hydroxylation sites is 1. The minimum absolute atomic E-state index is 0.0217. The van der Waals surface area contributed by atoms with Gasteiger partial charge < -0.3 is 19.9 Å². The van der Waals surface area contributed by atoms with Gasteiger partial charge in [-0.05, 0) is 12.1 Å². The number of amides is 2. The molecule has 12 heteroatoms. The van der Waals surface area contributed by atoms with Gasteiger partial charge in [-0.25, -0.2) is 9.78 Å². The summed E-state index contributed by atoms with van der Waals surface area (Å²) >= 11 is 2.69. The first-order valence-electron chi connectivity index (χ1n) is 10.2. The zero-order valence-corrected chi connectivity index (χ0v) is 19.9. The van der Waals surface area contributed by atoms with Gasteiger partial charge in [-0.15, -0.1) is 23.1 Å². The Morgan fingerprint density at radius 1 is 1.29 bits per heavy atom. The summed E-state index contributed by atoms with van der Waals surface area (Å²) in [6, 6.07) is 6.60. The fourth-order valence-electron chi connectivity index (χ4n) is 3.71. The Labute approximate surface area is 202 Å². The molecule has 2 aliphatic heterocycles. The maximum atomic E-state index is 12.7. The number of thiazole rings is 1. The monoisotopic (exact) mass is 503 g/mol. The van der Waals surface area contributed by atoms with Crippen molar-refractivity contribution in [3.63, 3.8) is 0 Å². The molecule has 3 heterocycles. The molecule has 1 fully saturated rings. The second kappa shape index (κ2) is 9.85. The first-order valence-corrected chi connectivity index (χ1v) is 12.1. The van der Waals surface area contributed by atoms with E-state index >= 15 is 0 Å². The van der Waals surface area contributed by atoms with E-state index in [9.17, 15) is 24.3 Å². The molecule has 1 aromatic carbocycles. The van der Waals surface area contributed by atoms with Crippen molar-refractivity contribution in [2.45, 2.75) is 24.8 Å². The molecule has 2 atom stereocenters. The van der Waals surface area contributed by atoms with Crippen LogP contribution in [-0.2, 0) is 30.3 Å². The van der Waals surface area contributed by atoms with Gasteiger partial charge in [-0.3, -0.25) is 19.3 Å². The number of carbonyl (C=O) groups excluding carboxylic acids is 3. The second-order valence-corrected chi connectivity index (χ2v) is 9.48. The largest absolute Gasteiger partial charge is 0.496 e. The molecule has 0 spiro atoms. The number of hydrogen-bond acceptors (Lipinski definition) is 9. The molecule has 178 valence electrons. The molecule has 4 rings (SSSR count). The highest BCUT2D eigenvalue weighted by Gasteiger charge is 2.54. The predicted molar refractivity (Wildman–Crippen MR) is 124 cm³/mol. The fraction of sp³-hybridized carbons (Fsp3) is 0.318. The first-order chi connectivity index (χ1) is 16.3. The second-order valence-electron chi connectivity index (χ2n) is 7.51. The molecule has 2 aromatic rings. The standard InChI is InChI=1S/C22H21N3O7S2/c1-11(26)32-8-12-9-34-21-17(20(28)25(21)18(12)22(29)30)24-16(27)7-13-10-33-19(23-13)14-5-3-4-6-15(14)31-2/h3-6,10,17,21H,7-9H2,1-2H3,(H,24,27)(H,29,30)/t17-,21-/m1/s1. The van der Waals surface area contributed by atoms with E-state index in [-0.39, 0.29) is 30.4 Å². The van der Waals surface area contributed by atoms with E-state index in [2.05, 4.69) is 10.3 Å². The Bertz CT molecular complexity index is 1190. The van der Waals surface area contributed by atoms with Crippen LogP contribution in [0.1, 0.15) is 12.6 Å². The molecule has 34 heavy (non-hydrogen) atoms. The highest BCUT2D eigenvalue weighted by Crippen LogP contribution is 2.40. The molecule has 0 saturated carbocycles. The van der Waals surface area contributed by atoms with Crippen LogP contribution in [0, 0.1) is 0 Å². The molecular weight excluding hydrogens is 482 g/mol. The summed E-state index contributed by atoms with van der Waals surface area (Å²) in [6.45, 7) is 1.03. The van der Waals surface area contributed by atoms with Gasteiger partial charge in [0.15, 0.2) is 0 Å². The van der Waals surface area contributed by atoms with E-state index < -0.39 is 29.3 Å². The van der Waals surface area contributed by atoms with E-state index in [1.54, 1.807) is 12.5 Å². The summed E-state index contributed by atoms with van der Waals surface area (Å²) in [5.74, 6) is -1.78. The van der Waals surface area contributed by atoms with E-state index in [4.69, 9.17) is 9.47 Å². The number of rotatable bonds is 8. The molecule has 0 radical (unpaired) electrons.